The number of carbonyl (C=O) groups excluding carboxylic acids is 3. The molecule has 2 heterocycles. The van der Waals surface area contributed by atoms with Gasteiger partial charge in [-0.1, -0.05) is 39.0 Å². The summed E-state index contributed by atoms with van der Waals surface area (Å²) in [4.78, 5) is 42.7. The van der Waals surface area contributed by atoms with Crippen LogP contribution in [0.5, 0.6) is 0 Å². The third-order valence-electron chi connectivity index (χ3n) is 7.18. The SMILES string of the molecule is CC(N[C@@H](C)C(=O)N(C)[C@@H](CC(C)(C)C)C(=O)N1C[C@]2(C[C@H]1C#N)C(=O)Nc1ccccc12)C(F)(F)F. The van der Waals surface area contributed by atoms with Gasteiger partial charge in [-0.3, -0.25) is 19.7 Å². The first-order chi connectivity index (χ1) is 17.0. The molecule has 1 fully saturated rings. The molecule has 3 rings (SSSR count). The molecular weight excluding hydrogens is 487 g/mol. The minimum absolute atomic E-state index is 0.0332. The van der Waals surface area contributed by atoms with E-state index in [1.165, 1.54) is 18.9 Å². The first kappa shape index (κ1) is 28.4. The van der Waals surface area contributed by atoms with Gasteiger partial charge in [0.15, 0.2) is 0 Å². The second kappa shape index (κ2) is 9.97. The quantitative estimate of drug-likeness (QED) is 0.598. The fourth-order valence-electron chi connectivity index (χ4n) is 5.15. The molecule has 2 N–H and O–H groups in total. The molecule has 2 aliphatic heterocycles. The number of para-hydroxylation sites is 1. The van der Waals surface area contributed by atoms with Gasteiger partial charge in [-0.15, -0.1) is 0 Å². The van der Waals surface area contributed by atoms with Crippen LogP contribution in [0, 0.1) is 16.7 Å². The van der Waals surface area contributed by atoms with Crippen molar-refractivity contribution >= 4 is 23.4 Å². The standard InChI is InChI=1S/C26H34F3N5O3/c1-15(31-16(2)26(27,28)29)21(35)33(6)20(12-24(3,4)5)22(36)34-14-25(11-17(34)13-30)18-9-7-8-10-19(18)32-23(25)37/h7-10,15-17,20,31H,11-12,14H2,1-6H3,(H,32,37)/t15-,16?,17-,20-,25-/m0/s1. The summed E-state index contributed by atoms with van der Waals surface area (Å²) in [6.07, 6.45) is -4.21. The van der Waals surface area contributed by atoms with Crippen LogP contribution in [0.4, 0.5) is 18.9 Å². The highest BCUT2D eigenvalue weighted by molar-refractivity contribution is 6.07. The average molecular weight is 522 g/mol. The predicted octanol–water partition coefficient (Wildman–Crippen LogP) is 3.19. The van der Waals surface area contributed by atoms with Crippen LogP contribution in [0.15, 0.2) is 24.3 Å². The number of nitriles is 1. The molecule has 11 heteroatoms. The van der Waals surface area contributed by atoms with Gasteiger partial charge in [0.2, 0.25) is 17.7 Å². The van der Waals surface area contributed by atoms with Crippen molar-refractivity contribution in [2.45, 2.75) is 83.2 Å². The fourth-order valence-corrected chi connectivity index (χ4v) is 5.15. The smallest absolute Gasteiger partial charge is 0.332 e. The summed E-state index contributed by atoms with van der Waals surface area (Å²) >= 11 is 0. The molecule has 0 aromatic heterocycles. The van der Waals surface area contributed by atoms with E-state index >= 15 is 0 Å². The molecular formula is C26H34F3N5O3. The number of anilines is 1. The van der Waals surface area contributed by atoms with E-state index in [-0.39, 0.29) is 25.3 Å². The van der Waals surface area contributed by atoms with Gasteiger partial charge in [-0.25, -0.2) is 0 Å². The Morgan fingerprint density at radius 2 is 1.89 bits per heavy atom. The maximum Gasteiger partial charge on any atom is 0.403 e. The minimum Gasteiger partial charge on any atom is -0.332 e. The van der Waals surface area contributed by atoms with E-state index in [4.69, 9.17) is 0 Å². The summed E-state index contributed by atoms with van der Waals surface area (Å²) in [5.74, 6) is -1.48. The maximum atomic E-state index is 14.0. The summed E-state index contributed by atoms with van der Waals surface area (Å²) in [5.41, 5.74) is -0.165. The fraction of sp³-hybridized carbons (Fsp3) is 0.615. The zero-order valence-electron chi connectivity index (χ0n) is 21.9. The molecule has 0 saturated carbocycles. The van der Waals surface area contributed by atoms with Crippen molar-refractivity contribution in [2.24, 2.45) is 5.41 Å². The largest absolute Gasteiger partial charge is 0.403 e. The lowest BCUT2D eigenvalue weighted by atomic mass is 9.80. The Bertz CT molecular complexity index is 1110. The first-order valence-electron chi connectivity index (χ1n) is 12.2. The van der Waals surface area contributed by atoms with Crippen LogP contribution in [0.2, 0.25) is 0 Å². The van der Waals surface area contributed by atoms with E-state index in [2.05, 4.69) is 16.7 Å². The zero-order valence-corrected chi connectivity index (χ0v) is 21.9. The molecule has 1 aromatic carbocycles. The highest BCUT2D eigenvalue weighted by Crippen LogP contribution is 2.46. The van der Waals surface area contributed by atoms with Crippen molar-refractivity contribution in [3.8, 4) is 6.07 Å². The number of rotatable bonds is 6. The normalized spacial score (nSPS) is 23.7. The number of likely N-dealkylation sites (N-methyl/N-ethyl adjacent to an activating group) is 1. The van der Waals surface area contributed by atoms with Gasteiger partial charge in [0, 0.05) is 25.7 Å². The number of nitrogens with one attached hydrogen (secondary N) is 2. The average Bonchev–Trinajstić information content (AvgIpc) is 3.33. The number of likely N-dealkylation sites (tertiary alicyclic amines) is 1. The highest BCUT2D eigenvalue weighted by atomic mass is 19.4. The summed E-state index contributed by atoms with van der Waals surface area (Å²) < 4.78 is 39.1. The molecule has 0 radical (unpaired) electrons. The number of nitrogens with zero attached hydrogens (tertiary/aromatic N) is 3. The van der Waals surface area contributed by atoms with Crippen LogP contribution in [0.3, 0.4) is 0 Å². The van der Waals surface area contributed by atoms with Crippen molar-refractivity contribution in [1.29, 1.82) is 5.26 Å². The van der Waals surface area contributed by atoms with Gasteiger partial charge in [0.25, 0.3) is 0 Å². The summed E-state index contributed by atoms with van der Waals surface area (Å²) in [5, 5.41) is 15.0. The summed E-state index contributed by atoms with van der Waals surface area (Å²) in [7, 11) is 1.39. The number of fused-ring (bicyclic) bond motifs is 2. The number of hydrogen-bond acceptors (Lipinski definition) is 5. The summed E-state index contributed by atoms with van der Waals surface area (Å²) in [6.45, 7) is 7.86. The van der Waals surface area contributed by atoms with Crippen LogP contribution in [0.1, 0.15) is 53.0 Å². The van der Waals surface area contributed by atoms with Crippen molar-refractivity contribution in [2.75, 3.05) is 18.9 Å². The number of hydrogen-bond donors (Lipinski definition) is 2. The lowest BCUT2D eigenvalue weighted by molar-refractivity contribution is -0.157. The molecule has 3 amide bonds. The number of carbonyl (C=O) groups is 3. The van der Waals surface area contributed by atoms with Gasteiger partial charge in [-0.2, -0.15) is 18.4 Å². The van der Waals surface area contributed by atoms with Gasteiger partial charge >= 0.3 is 6.18 Å². The van der Waals surface area contributed by atoms with Gasteiger partial charge in [-0.05, 0) is 37.3 Å². The van der Waals surface area contributed by atoms with Crippen LogP contribution in [0.25, 0.3) is 0 Å². The van der Waals surface area contributed by atoms with Crippen LogP contribution < -0.4 is 10.6 Å². The van der Waals surface area contributed by atoms with E-state index in [1.807, 2.05) is 20.8 Å². The molecule has 0 bridgehead atoms. The number of halogens is 3. The van der Waals surface area contributed by atoms with Crippen LogP contribution >= 0.6 is 0 Å². The maximum absolute atomic E-state index is 14.0. The Hall–Kier alpha value is -3.13. The Kier molecular flexibility index (Phi) is 7.66. The van der Waals surface area contributed by atoms with E-state index in [1.54, 1.807) is 24.3 Å². The molecule has 1 saturated heterocycles. The Morgan fingerprint density at radius 3 is 2.46 bits per heavy atom. The predicted molar refractivity (Wildman–Crippen MR) is 131 cm³/mol. The molecule has 37 heavy (non-hydrogen) atoms. The van der Waals surface area contributed by atoms with Crippen molar-refractivity contribution in [3.05, 3.63) is 29.8 Å². The first-order valence-corrected chi connectivity index (χ1v) is 12.2. The van der Waals surface area contributed by atoms with Crippen molar-refractivity contribution in [1.82, 2.24) is 15.1 Å². The van der Waals surface area contributed by atoms with Crippen molar-refractivity contribution in [3.63, 3.8) is 0 Å². The number of amides is 3. The monoisotopic (exact) mass is 521 g/mol. The number of benzene rings is 1. The van der Waals surface area contributed by atoms with Crippen LogP contribution in [-0.2, 0) is 19.8 Å². The van der Waals surface area contributed by atoms with E-state index in [0.29, 0.717) is 11.3 Å². The van der Waals surface area contributed by atoms with E-state index < -0.39 is 53.0 Å². The zero-order chi connectivity index (χ0) is 27.9. The third kappa shape index (κ3) is 5.59. The molecule has 2 aliphatic rings. The minimum atomic E-state index is -4.53. The molecule has 0 aliphatic carbocycles. The Labute approximate surface area is 215 Å². The van der Waals surface area contributed by atoms with Gasteiger partial charge in [0.05, 0.1) is 17.5 Å². The van der Waals surface area contributed by atoms with Gasteiger partial charge in [0.1, 0.15) is 18.1 Å². The molecule has 1 aromatic rings. The molecule has 8 nitrogen and oxygen atoms in total. The topological polar surface area (TPSA) is 106 Å². The second-order valence-electron chi connectivity index (χ2n) is 11.3. The Balaban J connectivity index is 1.90. The third-order valence-corrected chi connectivity index (χ3v) is 7.18. The van der Waals surface area contributed by atoms with Crippen LogP contribution in [-0.4, -0.2) is 71.5 Å². The van der Waals surface area contributed by atoms with E-state index in [9.17, 15) is 32.8 Å². The summed E-state index contributed by atoms with van der Waals surface area (Å²) in [6, 6.07) is 4.20. The number of alkyl halides is 3. The van der Waals surface area contributed by atoms with Crippen molar-refractivity contribution < 1.29 is 27.6 Å². The molecule has 1 unspecified atom stereocenters. The molecule has 202 valence electrons. The Morgan fingerprint density at radius 1 is 1.27 bits per heavy atom. The molecule has 1 spiro atoms. The lowest BCUT2D eigenvalue weighted by Crippen LogP contribution is -2.57. The molecule has 5 atom stereocenters. The van der Waals surface area contributed by atoms with Gasteiger partial charge < -0.3 is 15.1 Å². The lowest BCUT2D eigenvalue weighted by Gasteiger charge is -2.37. The second-order valence-corrected chi connectivity index (χ2v) is 11.3. The highest BCUT2D eigenvalue weighted by Gasteiger charge is 2.57. The van der Waals surface area contributed by atoms with E-state index in [0.717, 1.165) is 11.8 Å².